The lowest BCUT2D eigenvalue weighted by Crippen LogP contribution is -2.70. The number of aliphatic hydroxyl groups is 1. The molecule has 2 bridgehead atoms. The van der Waals surface area contributed by atoms with E-state index in [2.05, 4.69) is 6.92 Å². The molecule has 114 valence electrons. The number of fused-ring (bicyclic) bond motifs is 2. The van der Waals surface area contributed by atoms with Crippen molar-refractivity contribution in [2.75, 3.05) is 0 Å². The monoisotopic (exact) mass is 284 g/mol. The highest BCUT2D eigenvalue weighted by Gasteiger charge is 2.69. The molecule has 5 aliphatic rings. The minimum absolute atomic E-state index is 0.0379. The fourth-order valence-electron chi connectivity index (χ4n) is 4.89. The van der Waals surface area contributed by atoms with Crippen LogP contribution in [0, 0.1) is 23.7 Å². The van der Waals surface area contributed by atoms with Crippen molar-refractivity contribution in [1.29, 1.82) is 0 Å². The van der Waals surface area contributed by atoms with Gasteiger partial charge in [0.1, 0.15) is 0 Å². The van der Waals surface area contributed by atoms with Crippen molar-refractivity contribution in [3.8, 4) is 0 Å². The molecule has 1 spiro atoms. The molecular formula is C15H24O5. The molecule has 1 aliphatic carbocycles. The Morgan fingerprint density at radius 1 is 1.05 bits per heavy atom. The summed E-state index contributed by atoms with van der Waals surface area (Å²) < 4.78 is 11.9. The fourth-order valence-corrected chi connectivity index (χ4v) is 4.89. The highest BCUT2D eigenvalue weighted by Crippen LogP contribution is 2.60. The van der Waals surface area contributed by atoms with Gasteiger partial charge < -0.3 is 14.6 Å². The summed E-state index contributed by atoms with van der Waals surface area (Å²) in [5, 5.41) is 10.2. The van der Waals surface area contributed by atoms with Gasteiger partial charge in [-0.15, -0.1) is 0 Å². The summed E-state index contributed by atoms with van der Waals surface area (Å²) in [6.07, 6.45) is 2.72. The molecule has 0 aromatic heterocycles. The number of hydrogen-bond donors (Lipinski definition) is 1. The first-order chi connectivity index (χ1) is 9.46. The summed E-state index contributed by atoms with van der Waals surface area (Å²) in [7, 11) is 0. The lowest BCUT2D eigenvalue weighted by atomic mass is 9.58. The molecule has 0 amide bonds. The average Bonchev–Trinajstić information content (AvgIpc) is 2.63. The van der Waals surface area contributed by atoms with Crippen molar-refractivity contribution >= 4 is 0 Å². The zero-order chi connectivity index (χ0) is 14.1. The maximum Gasteiger partial charge on any atom is 0.201 e. The fraction of sp³-hybridized carbons (Fsp3) is 1.00. The van der Waals surface area contributed by atoms with E-state index in [4.69, 9.17) is 19.2 Å². The molecule has 4 aliphatic heterocycles. The van der Waals surface area contributed by atoms with E-state index < -0.39 is 24.0 Å². The second kappa shape index (κ2) is 4.17. The van der Waals surface area contributed by atoms with Gasteiger partial charge in [-0.25, -0.2) is 9.78 Å². The standard InChI is InChI=1S/C15H24O5/c1-8-4-5-11-9(2)12(16)17-13-15(11)10(8)6-7-14(3,18-13)19-20-15/h8-13,16H,4-7H2,1-3H3/t8-,9-,10-,11+,12+,13+,14-,15-/m1/s1. The van der Waals surface area contributed by atoms with Crippen LogP contribution < -0.4 is 0 Å². The van der Waals surface area contributed by atoms with Gasteiger partial charge in [0.05, 0.1) is 0 Å². The molecule has 4 heterocycles. The zero-order valence-corrected chi connectivity index (χ0v) is 12.4. The van der Waals surface area contributed by atoms with Gasteiger partial charge in [0.2, 0.25) is 5.79 Å². The van der Waals surface area contributed by atoms with Crippen LogP contribution in [0.3, 0.4) is 0 Å². The smallest absolute Gasteiger partial charge is 0.201 e. The van der Waals surface area contributed by atoms with Crippen molar-refractivity contribution in [2.24, 2.45) is 23.7 Å². The number of hydrogen-bond acceptors (Lipinski definition) is 5. The Hall–Kier alpha value is -0.200. The Bertz CT molecular complexity index is 411. The van der Waals surface area contributed by atoms with Crippen LogP contribution in [0.4, 0.5) is 0 Å². The molecule has 1 saturated carbocycles. The summed E-state index contributed by atoms with van der Waals surface area (Å²) >= 11 is 0. The van der Waals surface area contributed by atoms with E-state index in [1.807, 2.05) is 13.8 Å². The number of ether oxygens (including phenoxy) is 2. The van der Waals surface area contributed by atoms with Crippen molar-refractivity contribution in [3.05, 3.63) is 0 Å². The second-order valence-corrected chi connectivity index (χ2v) is 7.30. The minimum atomic E-state index is -0.781. The highest BCUT2D eigenvalue weighted by atomic mass is 17.3. The number of rotatable bonds is 0. The molecule has 5 rings (SSSR count). The number of aliphatic hydroxyl groups excluding tert-OH is 1. The van der Waals surface area contributed by atoms with Crippen molar-refractivity contribution in [1.82, 2.24) is 0 Å². The third kappa shape index (κ3) is 1.56. The maximum atomic E-state index is 10.2. The summed E-state index contributed by atoms with van der Waals surface area (Å²) in [6.45, 7) is 6.22. The summed E-state index contributed by atoms with van der Waals surface area (Å²) in [4.78, 5) is 11.6. The van der Waals surface area contributed by atoms with Crippen LogP contribution in [0.5, 0.6) is 0 Å². The molecule has 5 heteroatoms. The van der Waals surface area contributed by atoms with Crippen LogP contribution in [0.2, 0.25) is 0 Å². The third-order valence-electron chi connectivity index (χ3n) is 6.12. The first kappa shape index (κ1) is 13.5. The van der Waals surface area contributed by atoms with E-state index in [9.17, 15) is 5.11 Å². The molecule has 0 unspecified atom stereocenters. The minimum Gasteiger partial charge on any atom is -0.368 e. The van der Waals surface area contributed by atoms with Gasteiger partial charge in [0.25, 0.3) is 0 Å². The van der Waals surface area contributed by atoms with E-state index in [1.54, 1.807) is 0 Å². The molecule has 5 fully saturated rings. The molecule has 0 radical (unpaired) electrons. The van der Waals surface area contributed by atoms with Gasteiger partial charge in [0, 0.05) is 18.3 Å². The third-order valence-corrected chi connectivity index (χ3v) is 6.12. The van der Waals surface area contributed by atoms with E-state index in [1.165, 1.54) is 6.42 Å². The van der Waals surface area contributed by atoms with Crippen molar-refractivity contribution in [2.45, 2.75) is 70.4 Å². The van der Waals surface area contributed by atoms with E-state index in [-0.39, 0.29) is 11.8 Å². The van der Waals surface area contributed by atoms with Gasteiger partial charge >= 0.3 is 0 Å². The van der Waals surface area contributed by atoms with Crippen molar-refractivity contribution < 1.29 is 24.4 Å². The predicted octanol–water partition coefficient (Wildman–Crippen LogP) is 2.19. The lowest BCUT2D eigenvalue weighted by Gasteiger charge is -2.59. The van der Waals surface area contributed by atoms with Gasteiger partial charge in [-0.2, -0.15) is 0 Å². The van der Waals surface area contributed by atoms with Crippen LogP contribution in [-0.4, -0.2) is 29.1 Å². The molecule has 8 atom stereocenters. The van der Waals surface area contributed by atoms with Gasteiger partial charge in [-0.3, -0.25) is 0 Å². The molecule has 4 saturated heterocycles. The van der Waals surface area contributed by atoms with Crippen LogP contribution in [0.25, 0.3) is 0 Å². The molecule has 0 aromatic carbocycles. The molecule has 20 heavy (non-hydrogen) atoms. The quantitative estimate of drug-likeness (QED) is 0.691. The van der Waals surface area contributed by atoms with Crippen LogP contribution in [-0.2, 0) is 19.2 Å². The Morgan fingerprint density at radius 3 is 2.65 bits per heavy atom. The Kier molecular flexibility index (Phi) is 2.81. The molecule has 0 aromatic rings. The van der Waals surface area contributed by atoms with Crippen LogP contribution >= 0.6 is 0 Å². The Balaban J connectivity index is 1.82. The summed E-state index contributed by atoms with van der Waals surface area (Å²) in [5.74, 6) is 0.437. The topological polar surface area (TPSA) is 57.2 Å². The van der Waals surface area contributed by atoms with Crippen LogP contribution in [0.15, 0.2) is 0 Å². The van der Waals surface area contributed by atoms with E-state index in [0.29, 0.717) is 11.8 Å². The largest absolute Gasteiger partial charge is 0.368 e. The van der Waals surface area contributed by atoms with Crippen LogP contribution in [0.1, 0.15) is 46.5 Å². The van der Waals surface area contributed by atoms with Gasteiger partial charge in [-0.05, 0) is 38.0 Å². The Labute approximate surface area is 119 Å². The highest BCUT2D eigenvalue weighted by molar-refractivity contribution is 5.08. The van der Waals surface area contributed by atoms with Crippen molar-refractivity contribution in [3.63, 3.8) is 0 Å². The average molecular weight is 284 g/mol. The first-order valence-electron chi connectivity index (χ1n) is 7.84. The first-order valence-corrected chi connectivity index (χ1v) is 7.84. The predicted molar refractivity (Wildman–Crippen MR) is 69.0 cm³/mol. The second-order valence-electron chi connectivity index (χ2n) is 7.30. The van der Waals surface area contributed by atoms with Gasteiger partial charge in [-0.1, -0.05) is 13.8 Å². The molecular weight excluding hydrogens is 260 g/mol. The van der Waals surface area contributed by atoms with E-state index >= 15 is 0 Å². The summed E-state index contributed by atoms with van der Waals surface area (Å²) in [6, 6.07) is 0. The maximum absolute atomic E-state index is 10.2. The lowest BCUT2D eigenvalue weighted by molar-refractivity contribution is -0.576. The summed E-state index contributed by atoms with van der Waals surface area (Å²) in [5.41, 5.74) is -0.549. The SMILES string of the molecule is C[C@H]1[C@@H](O)O[C@H]2O[C@@]3(C)CC[C@@H]4[C@H](C)CC[C@@H]1[C@@]24OO3. The zero-order valence-electron chi connectivity index (χ0n) is 12.4. The van der Waals surface area contributed by atoms with Gasteiger partial charge in [0.15, 0.2) is 18.2 Å². The molecule has 1 N–H and O–H groups in total. The Morgan fingerprint density at radius 2 is 1.85 bits per heavy atom. The van der Waals surface area contributed by atoms with E-state index in [0.717, 1.165) is 19.3 Å². The molecule has 5 nitrogen and oxygen atoms in total. The normalized spacial score (nSPS) is 61.8.